The fraction of sp³-hybridized carbons (Fsp3) is 0.167. The van der Waals surface area contributed by atoms with Gasteiger partial charge in [-0.15, -0.1) is 0 Å². The number of halogens is 1. The number of hydrogen-bond donors (Lipinski definition) is 0. The number of amides is 1. The second kappa shape index (κ2) is 10.9. The largest absolute Gasteiger partial charge is 0.308 e. The van der Waals surface area contributed by atoms with E-state index in [1.807, 2.05) is 60.7 Å². The number of anilines is 1. The van der Waals surface area contributed by atoms with Gasteiger partial charge in [0, 0.05) is 35.9 Å². The van der Waals surface area contributed by atoms with E-state index in [4.69, 9.17) is 11.6 Å². The number of nitrogens with zero attached hydrogens (tertiary/aromatic N) is 2. The molecule has 1 aliphatic heterocycles. The van der Waals surface area contributed by atoms with Crippen molar-refractivity contribution in [3.05, 3.63) is 130 Å². The molecule has 7 heteroatoms. The molecule has 0 saturated carbocycles. The zero-order chi connectivity index (χ0) is 25.8. The first kappa shape index (κ1) is 25.2. The molecule has 0 bridgehead atoms. The molecule has 0 aliphatic carbocycles. The van der Waals surface area contributed by atoms with E-state index in [1.54, 1.807) is 47.4 Å². The van der Waals surface area contributed by atoms with Crippen molar-refractivity contribution >= 4 is 33.2 Å². The maximum atomic E-state index is 13.9. The van der Waals surface area contributed by atoms with Crippen molar-refractivity contribution in [2.75, 3.05) is 11.4 Å². The molecule has 188 valence electrons. The molecule has 1 heterocycles. The van der Waals surface area contributed by atoms with Crippen molar-refractivity contribution in [3.63, 3.8) is 0 Å². The second-order valence-electron chi connectivity index (χ2n) is 9.10. The van der Waals surface area contributed by atoms with Gasteiger partial charge in [-0.2, -0.15) is 4.31 Å². The highest BCUT2D eigenvalue weighted by Crippen LogP contribution is 2.32. The van der Waals surface area contributed by atoms with Crippen LogP contribution in [0.2, 0.25) is 5.02 Å². The van der Waals surface area contributed by atoms with Crippen LogP contribution in [0.5, 0.6) is 0 Å². The minimum Gasteiger partial charge on any atom is -0.308 e. The summed E-state index contributed by atoms with van der Waals surface area (Å²) in [5.41, 5.74) is 3.99. The Balaban J connectivity index is 1.47. The first-order valence-corrected chi connectivity index (χ1v) is 14.0. The van der Waals surface area contributed by atoms with Gasteiger partial charge in [0.1, 0.15) is 0 Å². The average Bonchev–Trinajstić information content (AvgIpc) is 2.93. The van der Waals surface area contributed by atoms with Gasteiger partial charge in [-0.3, -0.25) is 4.79 Å². The molecule has 4 aromatic rings. The molecule has 4 aromatic carbocycles. The fourth-order valence-corrected chi connectivity index (χ4v) is 6.24. The van der Waals surface area contributed by atoms with Gasteiger partial charge >= 0.3 is 0 Å². The van der Waals surface area contributed by atoms with E-state index >= 15 is 0 Å². The highest BCUT2D eigenvalue weighted by Gasteiger charge is 2.29. The summed E-state index contributed by atoms with van der Waals surface area (Å²) >= 11 is 5.99. The van der Waals surface area contributed by atoms with Gasteiger partial charge < -0.3 is 4.90 Å². The van der Waals surface area contributed by atoms with Gasteiger partial charge in [-0.1, -0.05) is 72.3 Å². The summed E-state index contributed by atoms with van der Waals surface area (Å²) in [6.45, 7) is 1.10. The first-order valence-electron chi connectivity index (χ1n) is 12.2. The summed E-state index contributed by atoms with van der Waals surface area (Å²) in [5, 5.41) is 0.570. The van der Waals surface area contributed by atoms with Crippen molar-refractivity contribution in [3.8, 4) is 0 Å². The Bertz CT molecular complexity index is 1450. The third kappa shape index (κ3) is 5.62. The molecule has 1 amide bonds. The molecule has 0 unspecified atom stereocenters. The lowest BCUT2D eigenvalue weighted by Crippen LogP contribution is -2.36. The number of aryl methyl sites for hydroxylation is 1. The lowest BCUT2D eigenvalue weighted by Gasteiger charge is -2.30. The number of sulfonamides is 1. The quantitative estimate of drug-likeness (QED) is 0.281. The van der Waals surface area contributed by atoms with Crippen molar-refractivity contribution in [1.82, 2.24) is 4.31 Å². The van der Waals surface area contributed by atoms with Gasteiger partial charge in [-0.05, 0) is 72.0 Å². The number of carbonyl (C=O) groups excluding carboxylic acids is 1. The summed E-state index contributed by atoms with van der Waals surface area (Å²) in [4.78, 5) is 15.2. The molecule has 0 radical (unpaired) electrons. The summed E-state index contributed by atoms with van der Waals surface area (Å²) < 4.78 is 29.4. The topological polar surface area (TPSA) is 57.7 Å². The minimum absolute atomic E-state index is 0.122. The van der Waals surface area contributed by atoms with Crippen LogP contribution in [0.25, 0.3) is 0 Å². The standard InChI is InChI=1S/C30H27ClN2O3S/c31-27-15-13-25(14-16-27)30(34)33-19-7-12-26-20-28(17-18-29(26)33)37(35,36)32(21-23-8-3-1-4-9-23)22-24-10-5-2-6-11-24/h1-6,8-11,13-18,20H,7,12,19,21-22H2. The van der Waals surface area contributed by atoms with Crippen molar-refractivity contribution in [2.24, 2.45) is 0 Å². The highest BCUT2D eigenvalue weighted by atomic mass is 35.5. The molecule has 0 aromatic heterocycles. The Kier molecular flexibility index (Phi) is 7.42. The molecule has 37 heavy (non-hydrogen) atoms. The van der Waals surface area contributed by atoms with E-state index < -0.39 is 10.0 Å². The average molecular weight is 531 g/mol. The Morgan fingerprint density at radius 1 is 0.811 bits per heavy atom. The SMILES string of the molecule is O=C(c1ccc(Cl)cc1)N1CCCc2cc(S(=O)(=O)N(Cc3ccccc3)Cc3ccccc3)ccc21. The summed E-state index contributed by atoms with van der Waals surface area (Å²) in [5.74, 6) is -0.122. The number of benzene rings is 4. The van der Waals surface area contributed by atoms with E-state index in [0.29, 0.717) is 23.6 Å². The number of rotatable bonds is 7. The molecular weight excluding hydrogens is 504 g/mol. The molecule has 0 spiro atoms. The zero-order valence-electron chi connectivity index (χ0n) is 20.3. The summed E-state index contributed by atoms with van der Waals surface area (Å²) in [7, 11) is -3.81. The van der Waals surface area contributed by atoms with Crippen LogP contribution in [-0.2, 0) is 29.5 Å². The van der Waals surface area contributed by atoms with Crippen LogP contribution in [0.3, 0.4) is 0 Å². The maximum absolute atomic E-state index is 13.9. The zero-order valence-corrected chi connectivity index (χ0v) is 21.8. The van der Waals surface area contributed by atoms with Crippen LogP contribution in [-0.4, -0.2) is 25.2 Å². The van der Waals surface area contributed by atoms with E-state index in [0.717, 1.165) is 28.8 Å². The van der Waals surface area contributed by atoms with Gasteiger partial charge in [0.15, 0.2) is 0 Å². The van der Waals surface area contributed by atoms with Crippen molar-refractivity contribution in [1.29, 1.82) is 0 Å². The number of hydrogen-bond acceptors (Lipinski definition) is 3. The molecule has 0 N–H and O–H groups in total. The Labute approximate surface area is 223 Å². The number of fused-ring (bicyclic) bond motifs is 1. The second-order valence-corrected chi connectivity index (χ2v) is 11.5. The van der Waals surface area contributed by atoms with E-state index in [-0.39, 0.29) is 23.9 Å². The van der Waals surface area contributed by atoms with Gasteiger partial charge in [0.2, 0.25) is 10.0 Å². The molecule has 5 nitrogen and oxygen atoms in total. The first-order chi connectivity index (χ1) is 17.9. The third-order valence-electron chi connectivity index (χ3n) is 6.55. The van der Waals surface area contributed by atoms with Crippen LogP contribution in [0.1, 0.15) is 33.5 Å². The van der Waals surface area contributed by atoms with Crippen LogP contribution in [0.4, 0.5) is 5.69 Å². The molecule has 0 fully saturated rings. The van der Waals surface area contributed by atoms with Crippen molar-refractivity contribution in [2.45, 2.75) is 30.8 Å². The van der Waals surface area contributed by atoms with Gasteiger partial charge in [0.05, 0.1) is 4.90 Å². The predicted molar refractivity (Wildman–Crippen MR) is 147 cm³/mol. The Hall–Kier alpha value is -3.45. The van der Waals surface area contributed by atoms with E-state index in [2.05, 4.69) is 0 Å². The smallest absolute Gasteiger partial charge is 0.258 e. The van der Waals surface area contributed by atoms with Gasteiger partial charge in [-0.25, -0.2) is 8.42 Å². The highest BCUT2D eigenvalue weighted by molar-refractivity contribution is 7.89. The van der Waals surface area contributed by atoms with Crippen LogP contribution in [0.15, 0.2) is 108 Å². The van der Waals surface area contributed by atoms with Crippen LogP contribution >= 0.6 is 11.6 Å². The number of carbonyl (C=O) groups is 1. The molecule has 0 atom stereocenters. The van der Waals surface area contributed by atoms with E-state index in [1.165, 1.54) is 4.31 Å². The van der Waals surface area contributed by atoms with Crippen LogP contribution < -0.4 is 4.90 Å². The van der Waals surface area contributed by atoms with Crippen LogP contribution in [0, 0.1) is 0 Å². The third-order valence-corrected chi connectivity index (χ3v) is 8.59. The fourth-order valence-electron chi connectivity index (χ4n) is 4.64. The summed E-state index contributed by atoms with van der Waals surface area (Å²) in [6.07, 6.45) is 1.47. The minimum atomic E-state index is -3.81. The predicted octanol–water partition coefficient (Wildman–Crippen LogP) is 6.32. The molecular formula is C30H27ClN2O3S. The molecule has 0 saturated heterocycles. The summed E-state index contributed by atoms with van der Waals surface area (Å²) in [6, 6.07) is 31.1. The normalized spacial score (nSPS) is 13.4. The van der Waals surface area contributed by atoms with Crippen molar-refractivity contribution < 1.29 is 13.2 Å². The van der Waals surface area contributed by atoms with Gasteiger partial charge in [0.25, 0.3) is 5.91 Å². The lowest BCUT2D eigenvalue weighted by atomic mass is 10.0. The maximum Gasteiger partial charge on any atom is 0.258 e. The monoisotopic (exact) mass is 530 g/mol. The van der Waals surface area contributed by atoms with E-state index in [9.17, 15) is 13.2 Å². The molecule has 5 rings (SSSR count). The lowest BCUT2D eigenvalue weighted by molar-refractivity contribution is 0.0985. The Morgan fingerprint density at radius 2 is 1.41 bits per heavy atom. The Morgan fingerprint density at radius 3 is 2.00 bits per heavy atom. The molecule has 1 aliphatic rings.